The lowest BCUT2D eigenvalue weighted by molar-refractivity contribution is 0.0752. The minimum atomic E-state index is -1.24. The van der Waals surface area contributed by atoms with Crippen molar-refractivity contribution >= 4 is 28.8 Å². The van der Waals surface area contributed by atoms with E-state index < -0.39 is 11.0 Å². The van der Waals surface area contributed by atoms with Gasteiger partial charge in [0, 0.05) is 57.4 Å². The van der Waals surface area contributed by atoms with E-state index in [2.05, 4.69) is 47.1 Å². The molecule has 2 aliphatic heterocycles. The number of hydrogen-bond acceptors (Lipinski definition) is 10. The molecule has 1 aromatic carbocycles. The monoisotopic (exact) mass is 509 g/mol. The molecule has 1 N–H and O–H groups in total. The second kappa shape index (κ2) is 11.3. The molecule has 12 heteroatoms. The average Bonchev–Trinajstić information content (AvgIpc) is 2.93. The lowest BCUT2D eigenvalue weighted by Crippen LogP contribution is -2.45. The van der Waals surface area contributed by atoms with Gasteiger partial charge in [-0.25, -0.2) is 18.5 Å². The summed E-state index contributed by atoms with van der Waals surface area (Å²) in [6.45, 7) is 8.21. The second-order valence-electron chi connectivity index (χ2n) is 8.73. The summed E-state index contributed by atoms with van der Waals surface area (Å²) >= 11 is 0. The summed E-state index contributed by atoms with van der Waals surface area (Å²) in [4.78, 5) is 28.1. The largest absolute Gasteiger partial charge is 0.379 e. The van der Waals surface area contributed by atoms with E-state index in [-0.39, 0.29) is 0 Å². The number of morpholine rings is 1. The van der Waals surface area contributed by atoms with Crippen LogP contribution in [0.25, 0.3) is 11.3 Å². The van der Waals surface area contributed by atoms with Crippen molar-refractivity contribution in [1.82, 2.24) is 34.1 Å². The summed E-state index contributed by atoms with van der Waals surface area (Å²) in [5.74, 6) is 2.21. The maximum atomic E-state index is 13.0. The number of rotatable bonds is 7. The normalized spacial score (nSPS) is 18.2. The number of benzene rings is 1. The summed E-state index contributed by atoms with van der Waals surface area (Å²) in [5.41, 5.74) is 1.58. The van der Waals surface area contributed by atoms with Crippen LogP contribution < -0.4 is 10.2 Å². The fraction of sp³-hybridized carbons (Fsp3) is 0.458. The molecule has 36 heavy (non-hydrogen) atoms. The minimum absolute atomic E-state index is 0.393. The standard InChI is InChI=1S/C24H31N9O2S/c1-3-21-27-23(30-24(28-21)32-11-9-31(2)10-12-32)29-22-25-8-7-20(26-22)18-5-4-6-19(17-18)36(34)33-13-15-35-16-14-33/h4-8,17H,3,9-16H2,1-2H3,(H,25,26,27,28,29,30). The Balaban J connectivity index is 1.36. The van der Waals surface area contributed by atoms with Gasteiger partial charge in [-0.15, -0.1) is 0 Å². The topological polar surface area (TPSA) is 112 Å². The number of hydrogen-bond donors (Lipinski definition) is 1. The zero-order valence-electron chi connectivity index (χ0n) is 20.6. The molecule has 0 amide bonds. The molecule has 0 spiro atoms. The molecule has 2 aliphatic rings. The molecule has 0 bridgehead atoms. The van der Waals surface area contributed by atoms with Crippen LogP contribution in [0.4, 0.5) is 17.8 Å². The van der Waals surface area contributed by atoms with E-state index in [0.29, 0.717) is 50.6 Å². The molecule has 11 nitrogen and oxygen atoms in total. The highest BCUT2D eigenvalue weighted by atomic mass is 32.2. The van der Waals surface area contributed by atoms with Crippen LogP contribution in [0.15, 0.2) is 41.4 Å². The van der Waals surface area contributed by atoms with E-state index in [1.165, 1.54) is 0 Å². The van der Waals surface area contributed by atoms with Crippen LogP contribution in [0.1, 0.15) is 12.7 Å². The van der Waals surface area contributed by atoms with Crippen molar-refractivity contribution in [2.75, 3.05) is 69.7 Å². The smallest absolute Gasteiger partial charge is 0.234 e. The first-order chi connectivity index (χ1) is 17.6. The van der Waals surface area contributed by atoms with Crippen molar-refractivity contribution in [2.45, 2.75) is 18.2 Å². The summed E-state index contributed by atoms with van der Waals surface area (Å²) < 4.78 is 20.4. The van der Waals surface area contributed by atoms with Crippen molar-refractivity contribution in [3.8, 4) is 11.3 Å². The molecular weight excluding hydrogens is 478 g/mol. The van der Waals surface area contributed by atoms with Gasteiger partial charge in [0.1, 0.15) is 16.8 Å². The van der Waals surface area contributed by atoms with E-state index in [1.807, 2.05) is 41.6 Å². The van der Waals surface area contributed by atoms with E-state index in [0.717, 1.165) is 48.2 Å². The molecule has 0 aliphatic carbocycles. The number of ether oxygens (including phenoxy) is 1. The third-order valence-corrected chi connectivity index (χ3v) is 7.68. The van der Waals surface area contributed by atoms with Crippen LogP contribution in [0.2, 0.25) is 0 Å². The van der Waals surface area contributed by atoms with E-state index in [1.54, 1.807) is 6.20 Å². The lowest BCUT2D eigenvalue weighted by Gasteiger charge is -2.32. The first kappa shape index (κ1) is 24.6. The van der Waals surface area contributed by atoms with E-state index in [9.17, 15) is 4.21 Å². The lowest BCUT2D eigenvalue weighted by atomic mass is 10.1. The van der Waals surface area contributed by atoms with Crippen LogP contribution in [0, 0.1) is 0 Å². The molecule has 2 aromatic heterocycles. The van der Waals surface area contributed by atoms with Gasteiger partial charge in [0.05, 0.1) is 23.8 Å². The Morgan fingerprint density at radius 2 is 1.78 bits per heavy atom. The Kier molecular flexibility index (Phi) is 7.75. The maximum absolute atomic E-state index is 13.0. The summed E-state index contributed by atoms with van der Waals surface area (Å²) in [6, 6.07) is 9.49. The Hall–Kier alpha value is -3.06. The summed E-state index contributed by atoms with van der Waals surface area (Å²) in [7, 11) is 0.878. The van der Waals surface area contributed by atoms with Gasteiger partial charge in [0.25, 0.3) is 0 Å². The van der Waals surface area contributed by atoms with Gasteiger partial charge in [-0.3, -0.25) is 5.32 Å². The van der Waals surface area contributed by atoms with Gasteiger partial charge in [-0.2, -0.15) is 15.0 Å². The van der Waals surface area contributed by atoms with Crippen molar-refractivity contribution in [3.05, 3.63) is 42.4 Å². The molecule has 2 fully saturated rings. The molecule has 2 saturated heterocycles. The zero-order valence-corrected chi connectivity index (χ0v) is 21.4. The van der Waals surface area contributed by atoms with Crippen molar-refractivity contribution < 1.29 is 8.95 Å². The quantitative estimate of drug-likeness (QED) is 0.505. The van der Waals surface area contributed by atoms with E-state index >= 15 is 0 Å². The van der Waals surface area contributed by atoms with Crippen LogP contribution >= 0.6 is 0 Å². The number of nitrogens with zero attached hydrogens (tertiary/aromatic N) is 8. The second-order valence-corrected chi connectivity index (χ2v) is 10.2. The number of piperazine rings is 1. The summed E-state index contributed by atoms with van der Waals surface area (Å²) in [6.07, 6.45) is 2.39. The number of anilines is 3. The third kappa shape index (κ3) is 5.84. The van der Waals surface area contributed by atoms with E-state index in [4.69, 9.17) is 4.74 Å². The fourth-order valence-corrected chi connectivity index (χ4v) is 5.28. The Morgan fingerprint density at radius 3 is 2.56 bits per heavy atom. The van der Waals surface area contributed by atoms with Gasteiger partial charge >= 0.3 is 0 Å². The zero-order chi connectivity index (χ0) is 24.9. The summed E-state index contributed by atoms with van der Waals surface area (Å²) in [5, 5.41) is 3.16. The minimum Gasteiger partial charge on any atom is -0.379 e. The predicted octanol–water partition coefficient (Wildman–Crippen LogP) is 1.74. The molecule has 5 rings (SSSR count). The Bertz CT molecular complexity index is 1210. The first-order valence-electron chi connectivity index (χ1n) is 12.2. The van der Waals surface area contributed by atoms with Gasteiger partial charge in [0.15, 0.2) is 0 Å². The highest BCUT2D eigenvalue weighted by Gasteiger charge is 2.20. The van der Waals surface area contributed by atoms with Crippen LogP contribution in [-0.4, -0.2) is 97.9 Å². The third-order valence-electron chi connectivity index (χ3n) is 6.19. The molecule has 4 heterocycles. The molecule has 1 unspecified atom stereocenters. The highest BCUT2D eigenvalue weighted by Crippen LogP contribution is 2.23. The van der Waals surface area contributed by atoms with Gasteiger partial charge in [0.2, 0.25) is 17.8 Å². The molecule has 1 atom stereocenters. The van der Waals surface area contributed by atoms with Crippen molar-refractivity contribution in [1.29, 1.82) is 0 Å². The maximum Gasteiger partial charge on any atom is 0.234 e. The fourth-order valence-electron chi connectivity index (χ4n) is 4.07. The SMILES string of the molecule is CCc1nc(Nc2nccc(-c3cccc(S(=O)N4CCOCC4)c3)n2)nc(N2CCN(C)CC2)n1. The molecule has 0 radical (unpaired) electrons. The van der Waals surface area contributed by atoms with Gasteiger partial charge < -0.3 is 14.5 Å². The highest BCUT2D eigenvalue weighted by molar-refractivity contribution is 7.82. The number of aryl methyl sites for hydroxylation is 1. The van der Waals surface area contributed by atoms with Crippen LogP contribution in [0.5, 0.6) is 0 Å². The van der Waals surface area contributed by atoms with Crippen molar-refractivity contribution in [3.63, 3.8) is 0 Å². The Labute approximate surface area is 213 Å². The first-order valence-corrected chi connectivity index (χ1v) is 13.3. The van der Waals surface area contributed by atoms with Crippen LogP contribution in [0.3, 0.4) is 0 Å². The molecule has 190 valence electrons. The van der Waals surface area contributed by atoms with Gasteiger partial charge in [-0.1, -0.05) is 19.1 Å². The molecule has 3 aromatic rings. The number of aromatic nitrogens is 5. The average molecular weight is 510 g/mol. The van der Waals surface area contributed by atoms with Gasteiger partial charge in [-0.05, 0) is 25.2 Å². The van der Waals surface area contributed by atoms with Crippen molar-refractivity contribution in [2.24, 2.45) is 0 Å². The molecule has 0 saturated carbocycles. The Morgan fingerprint density at radius 1 is 0.972 bits per heavy atom. The predicted molar refractivity (Wildman–Crippen MR) is 138 cm³/mol. The number of nitrogens with one attached hydrogen (secondary N) is 1. The molecular formula is C24H31N9O2S. The number of likely N-dealkylation sites (N-methyl/N-ethyl adjacent to an activating group) is 1. The van der Waals surface area contributed by atoms with Crippen LogP contribution in [-0.2, 0) is 22.1 Å².